The summed E-state index contributed by atoms with van der Waals surface area (Å²) in [5.41, 5.74) is 3.81. The van der Waals surface area contributed by atoms with E-state index in [1.807, 2.05) is 33.8 Å². The lowest BCUT2D eigenvalue weighted by Crippen LogP contribution is -2.11. The van der Waals surface area contributed by atoms with Crippen LogP contribution in [0.4, 0.5) is 5.13 Å². The number of aromatic nitrogens is 2. The van der Waals surface area contributed by atoms with Gasteiger partial charge in [-0.1, -0.05) is 36.1 Å². The number of carbonyl (C=O) groups is 1. The second kappa shape index (κ2) is 6.33. The van der Waals surface area contributed by atoms with Crippen molar-refractivity contribution in [3.8, 4) is 0 Å². The van der Waals surface area contributed by atoms with Gasteiger partial charge in [0.05, 0.1) is 0 Å². The van der Waals surface area contributed by atoms with Gasteiger partial charge in [0.1, 0.15) is 5.58 Å². The number of carbonyl (C=O) groups excluding carboxylic acids is 1. The maximum absolute atomic E-state index is 12.5. The molecule has 0 unspecified atom stereocenters. The van der Waals surface area contributed by atoms with Crippen molar-refractivity contribution in [1.82, 2.24) is 10.2 Å². The fourth-order valence-electron chi connectivity index (χ4n) is 2.60. The van der Waals surface area contributed by atoms with E-state index >= 15 is 0 Å². The predicted octanol–water partition coefficient (Wildman–Crippen LogP) is 4.57. The van der Waals surface area contributed by atoms with Crippen LogP contribution in [0.3, 0.4) is 0 Å². The molecule has 7 heteroatoms. The molecule has 2 heterocycles. The normalized spacial score (nSPS) is 11.1. The maximum atomic E-state index is 12.5. The number of hydrogen-bond acceptors (Lipinski definition) is 6. The number of nitrogens with one attached hydrogen (secondary N) is 1. The number of benzene rings is 1. The lowest BCUT2D eigenvalue weighted by Gasteiger charge is -1.99. The third-order valence-electron chi connectivity index (χ3n) is 3.47. The Morgan fingerprint density at radius 2 is 2.09 bits per heavy atom. The largest absolute Gasteiger partial charge is 0.451 e. The predicted molar refractivity (Wildman–Crippen MR) is 94.7 cm³/mol. The van der Waals surface area contributed by atoms with Gasteiger partial charge < -0.3 is 4.42 Å². The molecular weight excluding hydrogens is 330 g/mol. The van der Waals surface area contributed by atoms with Crippen molar-refractivity contribution < 1.29 is 9.21 Å². The molecule has 23 heavy (non-hydrogen) atoms. The molecule has 0 aliphatic heterocycles. The van der Waals surface area contributed by atoms with Gasteiger partial charge in [0.25, 0.3) is 5.91 Å². The minimum atomic E-state index is -0.292. The zero-order valence-corrected chi connectivity index (χ0v) is 15.0. The highest BCUT2D eigenvalue weighted by Crippen LogP contribution is 2.30. The molecule has 1 aromatic carbocycles. The minimum Gasteiger partial charge on any atom is -0.451 e. The molecule has 0 aliphatic rings. The van der Waals surface area contributed by atoms with E-state index in [0.29, 0.717) is 10.9 Å². The Labute approximate surface area is 142 Å². The molecule has 0 atom stereocenters. The molecule has 0 aliphatic carbocycles. The molecule has 2 aromatic heterocycles. The van der Waals surface area contributed by atoms with Gasteiger partial charge in [-0.25, -0.2) is 0 Å². The van der Waals surface area contributed by atoms with E-state index in [9.17, 15) is 4.79 Å². The van der Waals surface area contributed by atoms with Crippen LogP contribution in [0.15, 0.2) is 20.9 Å². The summed E-state index contributed by atoms with van der Waals surface area (Å²) < 4.78 is 6.63. The summed E-state index contributed by atoms with van der Waals surface area (Å²) in [6, 6.07) is 4.04. The Morgan fingerprint density at radius 3 is 2.83 bits per heavy atom. The number of anilines is 1. The quantitative estimate of drug-likeness (QED) is 0.553. The van der Waals surface area contributed by atoms with E-state index in [0.717, 1.165) is 37.8 Å². The second-order valence-electron chi connectivity index (χ2n) is 5.27. The van der Waals surface area contributed by atoms with E-state index in [-0.39, 0.29) is 5.91 Å². The third kappa shape index (κ3) is 3.11. The number of furan rings is 1. The molecule has 0 spiro atoms. The van der Waals surface area contributed by atoms with E-state index in [1.54, 1.807) is 11.8 Å². The number of fused-ring (bicyclic) bond motifs is 1. The van der Waals surface area contributed by atoms with Crippen LogP contribution in [0.25, 0.3) is 11.0 Å². The minimum absolute atomic E-state index is 0.292. The molecule has 3 aromatic rings. The first-order valence-corrected chi connectivity index (χ1v) is 9.07. The van der Waals surface area contributed by atoms with Crippen LogP contribution in [0.1, 0.15) is 34.2 Å². The molecule has 1 amide bonds. The van der Waals surface area contributed by atoms with E-state index in [4.69, 9.17) is 4.42 Å². The summed E-state index contributed by atoms with van der Waals surface area (Å²) in [5.74, 6) is 0.956. The molecule has 5 nitrogen and oxygen atoms in total. The molecule has 3 rings (SSSR count). The summed E-state index contributed by atoms with van der Waals surface area (Å²) in [7, 11) is 0. The Bertz CT molecular complexity index is 883. The average molecular weight is 347 g/mol. The fourth-order valence-corrected chi connectivity index (χ4v) is 4.25. The molecular formula is C16H17N3O2S2. The number of hydrogen-bond donors (Lipinski definition) is 1. The first-order chi connectivity index (χ1) is 11.0. The van der Waals surface area contributed by atoms with Gasteiger partial charge in [-0.3, -0.25) is 10.1 Å². The van der Waals surface area contributed by atoms with Gasteiger partial charge in [-0.15, -0.1) is 10.2 Å². The highest BCUT2D eigenvalue weighted by Gasteiger charge is 2.20. The summed E-state index contributed by atoms with van der Waals surface area (Å²) in [5, 5.41) is 12.3. The summed E-state index contributed by atoms with van der Waals surface area (Å²) in [6.07, 6.45) is 0. The first-order valence-electron chi connectivity index (χ1n) is 7.27. The van der Waals surface area contributed by atoms with Crippen molar-refractivity contribution in [2.24, 2.45) is 0 Å². The molecule has 0 fully saturated rings. The zero-order valence-electron chi connectivity index (χ0n) is 13.4. The summed E-state index contributed by atoms with van der Waals surface area (Å²) in [4.78, 5) is 12.5. The van der Waals surface area contributed by atoms with E-state index in [1.165, 1.54) is 11.3 Å². The third-order valence-corrected chi connectivity index (χ3v) is 5.33. The first kappa shape index (κ1) is 16.0. The van der Waals surface area contributed by atoms with Crippen LogP contribution in [0.2, 0.25) is 0 Å². The lowest BCUT2D eigenvalue weighted by molar-refractivity contribution is 0.0998. The number of amides is 1. The monoisotopic (exact) mass is 347 g/mol. The topological polar surface area (TPSA) is 68.0 Å². The Kier molecular flexibility index (Phi) is 4.41. The maximum Gasteiger partial charge on any atom is 0.293 e. The van der Waals surface area contributed by atoms with Crippen LogP contribution >= 0.6 is 23.1 Å². The van der Waals surface area contributed by atoms with Gasteiger partial charge >= 0.3 is 0 Å². The van der Waals surface area contributed by atoms with Crippen LogP contribution < -0.4 is 5.32 Å². The van der Waals surface area contributed by atoms with E-state index < -0.39 is 0 Å². The molecule has 120 valence electrons. The van der Waals surface area contributed by atoms with Crippen LogP contribution in [-0.2, 0) is 0 Å². The average Bonchev–Trinajstić information content (AvgIpc) is 3.04. The van der Waals surface area contributed by atoms with Crippen LogP contribution in [-0.4, -0.2) is 21.9 Å². The second-order valence-corrected chi connectivity index (χ2v) is 7.76. The van der Waals surface area contributed by atoms with Gasteiger partial charge in [-0.05, 0) is 43.7 Å². The molecule has 0 saturated carbocycles. The SMILES string of the molecule is CCSc1nnc(NC(=O)c2oc3cc(C)cc(C)c3c2C)s1. The van der Waals surface area contributed by atoms with Crippen LogP contribution in [0.5, 0.6) is 0 Å². The standard InChI is InChI=1S/C16H17N3O2S2/c1-5-22-16-19-18-15(23-16)17-14(20)13-10(4)12-9(3)6-8(2)7-11(12)21-13/h6-7H,5H2,1-4H3,(H,17,18,20). The molecule has 0 saturated heterocycles. The van der Waals surface area contributed by atoms with Gasteiger partial charge in [0.15, 0.2) is 10.1 Å². The molecule has 0 bridgehead atoms. The zero-order chi connectivity index (χ0) is 16.6. The number of rotatable bonds is 4. The summed E-state index contributed by atoms with van der Waals surface area (Å²) in [6.45, 7) is 7.99. The highest BCUT2D eigenvalue weighted by atomic mass is 32.2. The van der Waals surface area contributed by atoms with Crippen molar-refractivity contribution in [3.63, 3.8) is 0 Å². The Hall–Kier alpha value is -1.86. The van der Waals surface area contributed by atoms with Crippen LogP contribution in [0, 0.1) is 20.8 Å². The number of nitrogens with zero attached hydrogens (tertiary/aromatic N) is 2. The lowest BCUT2D eigenvalue weighted by atomic mass is 10.0. The van der Waals surface area contributed by atoms with Crippen molar-refractivity contribution in [2.75, 3.05) is 11.1 Å². The number of aryl methyl sites for hydroxylation is 3. The van der Waals surface area contributed by atoms with Crippen molar-refractivity contribution in [2.45, 2.75) is 32.0 Å². The van der Waals surface area contributed by atoms with Gasteiger partial charge in [0.2, 0.25) is 5.13 Å². The highest BCUT2D eigenvalue weighted by molar-refractivity contribution is 8.01. The fraction of sp³-hybridized carbons (Fsp3) is 0.312. The summed E-state index contributed by atoms with van der Waals surface area (Å²) >= 11 is 2.97. The Balaban J connectivity index is 1.91. The molecule has 1 N–H and O–H groups in total. The smallest absolute Gasteiger partial charge is 0.293 e. The van der Waals surface area contributed by atoms with Crippen molar-refractivity contribution in [1.29, 1.82) is 0 Å². The van der Waals surface area contributed by atoms with Gasteiger partial charge in [0, 0.05) is 10.9 Å². The Morgan fingerprint density at radius 1 is 1.30 bits per heavy atom. The van der Waals surface area contributed by atoms with Gasteiger partial charge in [-0.2, -0.15) is 0 Å². The molecule has 0 radical (unpaired) electrons. The van der Waals surface area contributed by atoms with Crippen molar-refractivity contribution >= 4 is 45.1 Å². The number of thioether (sulfide) groups is 1. The van der Waals surface area contributed by atoms with Crippen molar-refractivity contribution in [3.05, 3.63) is 34.6 Å². The van der Waals surface area contributed by atoms with E-state index in [2.05, 4.69) is 21.6 Å².